The molecule has 1 rings (SSSR count). The number of aromatic nitrogens is 2. The molecule has 7 heteroatoms. The maximum Gasteiger partial charge on any atom is 0.262 e. The Morgan fingerprint density at radius 1 is 1.41 bits per heavy atom. The van der Waals surface area contributed by atoms with Gasteiger partial charge in [-0.2, -0.15) is 9.40 Å². The molecule has 1 aromatic rings. The molecule has 1 heterocycles. The van der Waals surface area contributed by atoms with Crippen molar-refractivity contribution in [3.05, 3.63) is 11.3 Å². The number of aliphatic hydroxyl groups excluding tert-OH is 1. The van der Waals surface area contributed by atoms with Crippen molar-refractivity contribution in [3.63, 3.8) is 0 Å². The number of nitrogens with one attached hydrogen (secondary N) is 1. The highest BCUT2D eigenvalue weighted by molar-refractivity contribution is 7.89. The zero-order valence-electron chi connectivity index (χ0n) is 10.4. The van der Waals surface area contributed by atoms with Gasteiger partial charge in [0.1, 0.15) is 0 Å². The summed E-state index contributed by atoms with van der Waals surface area (Å²) in [5, 5.41) is 15.5. The summed E-state index contributed by atoms with van der Waals surface area (Å²) in [5.41, 5.74) is 0.929. The summed E-state index contributed by atoms with van der Waals surface area (Å²) in [5.74, 6) is 0. The Morgan fingerprint density at radius 3 is 2.53 bits per heavy atom. The first kappa shape index (κ1) is 14.1. The summed E-state index contributed by atoms with van der Waals surface area (Å²) in [6, 6.07) is 0. The van der Waals surface area contributed by atoms with Gasteiger partial charge in [-0.1, -0.05) is 13.8 Å². The number of sulfonamides is 1. The number of hydrogen-bond acceptors (Lipinski definition) is 4. The number of aryl methyl sites for hydroxylation is 1. The molecule has 0 atom stereocenters. The quantitative estimate of drug-likeness (QED) is 0.786. The average Bonchev–Trinajstić information content (AvgIpc) is 2.67. The van der Waals surface area contributed by atoms with Crippen molar-refractivity contribution in [1.29, 1.82) is 0 Å². The van der Waals surface area contributed by atoms with Gasteiger partial charge >= 0.3 is 0 Å². The molecule has 17 heavy (non-hydrogen) atoms. The van der Waals surface area contributed by atoms with Crippen LogP contribution in [0.3, 0.4) is 0 Å². The van der Waals surface area contributed by atoms with Crippen molar-refractivity contribution in [2.24, 2.45) is 0 Å². The van der Waals surface area contributed by atoms with Gasteiger partial charge in [-0.3, -0.25) is 5.10 Å². The zero-order valence-corrected chi connectivity index (χ0v) is 11.2. The molecule has 0 fully saturated rings. The van der Waals surface area contributed by atoms with Gasteiger partial charge in [-0.25, -0.2) is 8.42 Å². The Kier molecular flexibility index (Phi) is 4.67. The molecule has 0 saturated carbocycles. The Morgan fingerprint density at radius 2 is 2.06 bits per heavy atom. The van der Waals surface area contributed by atoms with E-state index in [1.165, 1.54) is 4.31 Å². The first-order valence-electron chi connectivity index (χ1n) is 5.63. The number of hydrogen-bond donors (Lipinski definition) is 2. The molecule has 6 nitrogen and oxygen atoms in total. The molecule has 0 aliphatic carbocycles. The predicted molar refractivity (Wildman–Crippen MR) is 64.0 cm³/mol. The predicted octanol–water partition coefficient (Wildman–Crippen LogP) is 0.631. The fourth-order valence-electron chi connectivity index (χ4n) is 1.65. The first-order chi connectivity index (χ1) is 7.98. The van der Waals surface area contributed by atoms with E-state index < -0.39 is 10.0 Å². The first-order valence-corrected chi connectivity index (χ1v) is 7.07. The van der Waals surface area contributed by atoms with Gasteiger partial charge in [0.25, 0.3) is 10.0 Å². The molecule has 0 saturated heterocycles. The number of aromatic amines is 1. The maximum atomic E-state index is 12.3. The van der Waals surface area contributed by atoms with E-state index in [9.17, 15) is 13.5 Å². The van der Waals surface area contributed by atoms with E-state index in [1.807, 2.05) is 6.92 Å². The molecule has 1 aromatic heterocycles. The molecule has 2 N–H and O–H groups in total. The zero-order chi connectivity index (χ0) is 13.1. The summed E-state index contributed by atoms with van der Waals surface area (Å²) >= 11 is 0. The third kappa shape index (κ3) is 2.67. The van der Waals surface area contributed by atoms with Crippen LogP contribution in [0.1, 0.15) is 31.5 Å². The lowest BCUT2D eigenvalue weighted by molar-refractivity contribution is 0.277. The SMILES string of the molecule is CCCN(CC)S(=O)(=O)c1n[nH]c(C)c1CO. The molecule has 0 aromatic carbocycles. The summed E-state index contributed by atoms with van der Waals surface area (Å²) in [4.78, 5) is 0. The van der Waals surface area contributed by atoms with Crippen LogP contribution in [0.5, 0.6) is 0 Å². The van der Waals surface area contributed by atoms with Crippen LogP contribution < -0.4 is 0 Å². The second-order valence-corrected chi connectivity index (χ2v) is 5.64. The van der Waals surface area contributed by atoms with Crippen molar-refractivity contribution in [2.45, 2.75) is 38.8 Å². The van der Waals surface area contributed by atoms with E-state index in [0.717, 1.165) is 6.42 Å². The summed E-state index contributed by atoms with van der Waals surface area (Å²) < 4.78 is 25.9. The van der Waals surface area contributed by atoms with Crippen LogP contribution in [0.4, 0.5) is 0 Å². The number of aliphatic hydroxyl groups is 1. The van der Waals surface area contributed by atoms with E-state index in [1.54, 1.807) is 13.8 Å². The number of nitrogens with zero attached hydrogens (tertiary/aromatic N) is 2. The van der Waals surface area contributed by atoms with Crippen LogP contribution in [0.25, 0.3) is 0 Å². The highest BCUT2D eigenvalue weighted by Gasteiger charge is 2.28. The van der Waals surface area contributed by atoms with E-state index >= 15 is 0 Å². The second kappa shape index (κ2) is 5.61. The van der Waals surface area contributed by atoms with Crippen LogP contribution in [0.15, 0.2) is 5.03 Å². The monoisotopic (exact) mass is 261 g/mol. The van der Waals surface area contributed by atoms with Gasteiger partial charge in [0.05, 0.1) is 6.61 Å². The molecule has 0 unspecified atom stereocenters. The van der Waals surface area contributed by atoms with Crippen molar-refractivity contribution in [2.75, 3.05) is 13.1 Å². The van der Waals surface area contributed by atoms with Gasteiger partial charge in [0.15, 0.2) is 5.03 Å². The molecule has 98 valence electrons. The van der Waals surface area contributed by atoms with Crippen LogP contribution in [-0.4, -0.2) is 41.1 Å². The average molecular weight is 261 g/mol. The maximum absolute atomic E-state index is 12.3. The van der Waals surface area contributed by atoms with E-state index in [2.05, 4.69) is 10.2 Å². The lowest BCUT2D eigenvalue weighted by Gasteiger charge is -2.18. The Hall–Kier alpha value is -0.920. The van der Waals surface area contributed by atoms with Crippen molar-refractivity contribution in [3.8, 4) is 0 Å². The molecule has 0 aliphatic heterocycles. The third-order valence-electron chi connectivity index (χ3n) is 2.60. The van der Waals surface area contributed by atoms with Gasteiger partial charge < -0.3 is 5.11 Å². The van der Waals surface area contributed by atoms with Crippen LogP contribution in [-0.2, 0) is 16.6 Å². The van der Waals surface area contributed by atoms with Crippen molar-refractivity contribution in [1.82, 2.24) is 14.5 Å². The topological polar surface area (TPSA) is 86.3 Å². The fraction of sp³-hybridized carbons (Fsp3) is 0.700. The molecule has 0 aliphatic rings. The molecule has 0 bridgehead atoms. The largest absolute Gasteiger partial charge is 0.392 e. The molecular formula is C10H19N3O3S. The second-order valence-electron chi connectivity index (χ2n) is 3.79. The third-order valence-corrected chi connectivity index (χ3v) is 4.55. The van der Waals surface area contributed by atoms with Crippen molar-refractivity contribution < 1.29 is 13.5 Å². The fourth-order valence-corrected chi connectivity index (χ4v) is 3.35. The minimum atomic E-state index is -3.60. The van der Waals surface area contributed by atoms with Gasteiger partial charge in [0.2, 0.25) is 0 Å². The summed E-state index contributed by atoms with van der Waals surface area (Å²) in [6.45, 7) is 5.91. The Labute approximate surface area is 102 Å². The molecular weight excluding hydrogens is 242 g/mol. The van der Waals surface area contributed by atoms with Gasteiger partial charge in [-0.05, 0) is 13.3 Å². The molecule has 0 spiro atoms. The standard InChI is InChI=1S/C10H19N3O3S/c1-4-6-13(5-2)17(15,16)10-9(7-14)8(3)11-12-10/h14H,4-7H2,1-3H3,(H,11,12). The van der Waals surface area contributed by atoms with Crippen LogP contribution >= 0.6 is 0 Å². The van der Waals surface area contributed by atoms with E-state index in [0.29, 0.717) is 24.3 Å². The van der Waals surface area contributed by atoms with Gasteiger partial charge in [0, 0.05) is 24.3 Å². The van der Waals surface area contributed by atoms with E-state index in [4.69, 9.17) is 0 Å². The lowest BCUT2D eigenvalue weighted by Crippen LogP contribution is -2.32. The smallest absolute Gasteiger partial charge is 0.262 e. The number of rotatable bonds is 6. The van der Waals surface area contributed by atoms with Crippen LogP contribution in [0.2, 0.25) is 0 Å². The summed E-state index contributed by atoms with van der Waals surface area (Å²) in [6.07, 6.45) is 0.741. The lowest BCUT2D eigenvalue weighted by atomic mass is 10.3. The minimum absolute atomic E-state index is 0.0622. The normalized spacial score (nSPS) is 12.3. The number of H-pyrrole nitrogens is 1. The minimum Gasteiger partial charge on any atom is -0.392 e. The molecule has 0 radical (unpaired) electrons. The van der Waals surface area contributed by atoms with E-state index in [-0.39, 0.29) is 11.6 Å². The highest BCUT2D eigenvalue weighted by atomic mass is 32.2. The highest BCUT2D eigenvalue weighted by Crippen LogP contribution is 2.20. The summed E-state index contributed by atoms with van der Waals surface area (Å²) in [7, 11) is -3.60. The van der Waals surface area contributed by atoms with Crippen molar-refractivity contribution >= 4 is 10.0 Å². The van der Waals surface area contributed by atoms with Crippen LogP contribution in [0, 0.1) is 6.92 Å². The Bertz CT molecular complexity index is 467. The van der Waals surface area contributed by atoms with Gasteiger partial charge in [-0.15, -0.1) is 0 Å². The Balaban J connectivity index is 3.20. The molecule has 0 amide bonds.